The average Bonchev–Trinajstić information content (AvgIpc) is 2.75. The number of allylic oxidation sites excluding steroid dienone is 2. The van der Waals surface area contributed by atoms with E-state index in [1.54, 1.807) is 0 Å². The summed E-state index contributed by atoms with van der Waals surface area (Å²) >= 11 is 0. The van der Waals surface area contributed by atoms with Crippen molar-refractivity contribution < 1.29 is 13.5 Å². The minimum Gasteiger partial charge on any atom is -0.316 e. The Balaban J connectivity index is 1.42. The molecule has 0 amide bonds. The summed E-state index contributed by atoms with van der Waals surface area (Å²) in [7, 11) is 0. The Hall–Kier alpha value is -1.22. The molecule has 0 atom stereocenters. The molecular weight excluding hydrogens is 378 g/mol. The van der Waals surface area contributed by atoms with Crippen molar-refractivity contribution in [2.24, 2.45) is 17.8 Å². The molecule has 3 rings (SSSR count). The molecule has 1 aromatic carbocycles. The molecule has 0 spiro atoms. The molecule has 2 aliphatic rings. The number of ether oxygens (including phenoxy) is 1. The van der Waals surface area contributed by atoms with Crippen LogP contribution in [0, 0.1) is 17.8 Å². The summed E-state index contributed by atoms with van der Waals surface area (Å²) in [5.74, 6) is 2.18. The summed E-state index contributed by atoms with van der Waals surface area (Å²) in [6.45, 7) is 4.29. The van der Waals surface area contributed by atoms with Crippen LogP contribution in [0.4, 0.5) is 8.78 Å². The van der Waals surface area contributed by atoms with Crippen LogP contribution in [0.5, 0.6) is 0 Å². The van der Waals surface area contributed by atoms with E-state index in [1.807, 2.05) is 19.1 Å². The lowest BCUT2D eigenvalue weighted by Gasteiger charge is -2.29. The number of hydrogen-bond donors (Lipinski definition) is 0. The van der Waals surface area contributed by atoms with Gasteiger partial charge in [0.1, 0.15) is 0 Å². The first-order valence-electron chi connectivity index (χ1n) is 12.2. The van der Waals surface area contributed by atoms with Crippen LogP contribution in [-0.4, -0.2) is 6.11 Å². The normalized spacial score (nSPS) is 28.1. The molecule has 0 heterocycles. The largest absolute Gasteiger partial charge is 0.356 e. The first-order valence-corrected chi connectivity index (χ1v) is 12.2. The molecule has 1 aromatic rings. The van der Waals surface area contributed by atoms with Crippen LogP contribution in [0.2, 0.25) is 0 Å². The van der Waals surface area contributed by atoms with Crippen molar-refractivity contribution in [3.8, 4) is 0 Å². The van der Waals surface area contributed by atoms with E-state index in [-0.39, 0.29) is 18.9 Å². The van der Waals surface area contributed by atoms with Gasteiger partial charge in [-0.3, -0.25) is 0 Å². The summed E-state index contributed by atoms with van der Waals surface area (Å²) in [4.78, 5) is 0. The van der Waals surface area contributed by atoms with Crippen LogP contribution >= 0.6 is 0 Å². The minimum atomic E-state index is -3.03. The highest BCUT2D eigenvalue weighted by molar-refractivity contribution is 5.25. The fourth-order valence-electron chi connectivity index (χ4n) is 5.52. The maximum atomic E-state index is 14.4. The summed E-state index contributed by atoms with van der Waals surface area (Å²) < 4.78 is 33.8. The number of halogens is 2. The van der Waals surface area contributed by atoms with Gasteiger partial charge in [-0.25, -0.2) is 0 Å². The molecule has 0 unspecified atom stereocenters. The lowest BCUT2D eigenvalue weighted by molar-refractivity contribution is -0.256. The highest BCUT2D eigenvalue weighted by atomic mass is 19.3. The van der Waals surface area contributed by atoms with Gasteiger partial charge < -0.3 is 4.74 Å². The molecule has 0 saturated heterocycles. The first-order chi connectivity index (χ1) is 14.5. The first kappa shape index (κ1) is 23.4. The third-order valence-electron chi connectivity index (χ3n) is 7.33. The summed E-state index contributed by atoms with van der Waals surface area (Å²) in [6.07, 6.45) is 12.7. The molecule has 0 aromatic heterocycles. The average molecular weight is 419 g/mol. The molecule has 30 heavy (non-hydrogen) atoms. The SMILES string of the molecule is C/C=C/C1CCC(CC(F)(F)OCc2ccc(C3CCC(CCC)CC3)cc2)CC1. The molecule has 2 aliphatic carbocycles. The fraction of sp³-hybridized carbons (Fsp3) is 0.704. The van der Waals surface area contributed by atoms with Gasteiger partial charge in [0.25, 0.3) is 0 Å². The minimum absolute atomic E-state index is 0.00949. The molecule has 3 heteroatoms. The summed E-state index contributed by atoms with van der Waals surface area (Å²) in [6, 6.07) is 8.21. The monoisotopic (exact) mass is 418 g/mol. The van der Waals surface area contributed by atoms with Crippen molar-refractivity contribution in [3.63, 3.8) is 0 Å². The van der Waals surface area contributed by atoms with Crippen LogP contribution < -0.4 is 0 Å². The second-order valence-corrected chi connectivity index (χ2v) is 9.68. The van der Waals surface area contributed by atoms with E-state index < -0.39 is 6.11 Å². The Kier molecular flexibility index (Phi) is 8.92. The van der Waals surface area contributed by atoms with E-state index in [2.05, 4.69) is 31.2 Å². The highest BCUT2D eigenvalue weighted by Crippen LogP contribution is 2.38. The van der Waals surface area contributed by atoms with Crippen LogP contribution in [0.25, 0.3) is 0 Å². The fourth-order valence-corrected chi connectivity index (χ4v) is 5.52. The molecule has 0 aliphatic heterocycles. The van der Waals surface area contributed by atoms with Gasteiger partial charge >= 0.3 is 6.11 Å². The van der Waals surface area contributed by atoms with E-state index in [9.17, 15) is 8.78 Å². The standard InChI is InChI=1S/C27H40F2O/c1-3-5-21-7-9-23(10-8-21)19-27(28,29)30-20-24-13-17-26(18-14-24)25-15-11-22(6-4-2)12-16-25/h3,5,13-14,17-18,21-23,25H,4,6-12,15-16,19-20H2,1-2H3/b5-3+. The Morgan fingerprint density at radius 2 is 1.57 bits per heavy atom. The van der Waals surface area contributed by atoms with E-state index in [0.717, 1.165) is 37.2 Å². The lowest BCUT2D eigenvalue weighted by atomic mass is 9.77. The van der Waals surface area contributed by atoms with Gasteiger partial charge in [0.05, 0.1) is 6.61 Å². The van der Waals surface area contributed by atoms with Crippen molar-refractivity contribution in [1.29, 1.82) is 0 Å². The van der Waals surface area contributed by atoms with Gasteiger partial charge in [0.2, 0.25) is 0 Å². The second kappa shape index (κ2) is 11.4. The van der Waals surface area contributed by atoms with Crippen molar-refractivity contribution in [1.82, 2.24) is 0 Å². The Morgan fingerprint density at radius 3 is 2.17 bits per heavy atom. The van der Waals surface area contributed by atoms with Crippen LogP contribution in [-0.2, 0) is 11.3 Å². The molecule has 0 radical (unpaired) electrons. The van der Waals surface area contributed by atoms with Crippen molar-refractivity contribution in [3.05, 3.63) is 47.5 Å². The quantitative estimate of drug-likeness (QED) is 0.365. The molecule has 1 nitrogen and oxygen atoms in total. The number of alkyl halides is 2. The van der Waals surface area contributed by atoms with Gasteiger partial charge in [0.15, 0.2) is 0 Å². The van der Waals surface area contributed by atoms with Crippen molar-refractivity contribution in [2.75, 3.05) is 0 Å². The zero-order valence-corrected chi connectivity index (χ0v) is 18.9. The predicted molar refractivity (Wildman–Crippen MR) is 121 cm³/mol. The predicted octanol–water partition coefficient (Wildman–Crippen LogP) is 8.64. The Bertz CT molecular complexity index is 635. The van der Waals surface area contributed by atoms with Gasteiger partial charge in [-0.2, -0.15) is 8.78 Å². The van der Waals surface area contributed by atoms with E-state index in [1.165, 1.54) is 44.1 Å². The maximum absolute atomic E-state index is 14.4. The number of benzene rings is 1. The summed E-state index contributed by atoms with van der Waals surface area (Å²) in [5.41, 5.74) is 2.20. The van der Waals surface area contributed by atoms with Crippen molar-refractivity contribution in [2.45, 2.75) is 103 Å². The number of rotatable bonds is 9. The van der Waals surface area contributed by atoms with Crippen molar-refractivity contribution >= 4 is 0 Å². The summed E-state index contributed by atoms with van der Waals surface area (Å²) in [5, 5.41) is 0. The van der Waals surface area contributed by atoms with E-state index >= 15 is 0 Å². The smallest absolute Gasteiger partial charge is 0.316 e. The topological polar surface area (TPSA) is 9.23 Å². The highest BCUT2D eigenvalue weighted by Gasteiger charge is 2.35. The third kappa shape index (κ3) is 7.18. The zero-order valence-electron chi connectivity index (χ0n) is 18.9. The lowest BCUT2D eigenvalue weighted by Crippen LogP contribution is -2.26. The van der Waals surface area contributed by atoms with Gasteiger partial charge in [-0.15, -0.1) is 0 Å². The Morgan fingerprint density at radius 1 is 0.933 bits per heavy atom. The molecular formula is C27H40F2O. The van der Waals surface area contributed by atoms with Crippen LogP contribution in [0.1, 0.15) is 102 Å². The van der Waals surface area contributed by atoms with E-state index in [0.29, 0.717) is 11.8 Å². The van der Waals surface area contributed by atoms with Crippen LogP contribution in [0.3, 0.4) is 0 Å². The molecule has 0 bridgehead atoms. The molecule has 2 fully saturated rings. The van der Waals surface area contributed by atoms with E-state index in [4.69, 9.17) is 4.74 Å². The number of hydrogen-bond acceptors (Lipinski definition) is 1. The van der Waals surface area contributed by atoms with Gasteiger partial charge in [-0.05, 0) is 93.1 Å². The zero-order chi connectivity index (χ0) is 21.4. The molecule has 0 N–H and O–H groups in total. The maximum Gasteiger partial charge on any atom is 0.356 e. The third-order valence-corrected chi connectivity index (χ3v) is 7.33. The van der Waals surface area contributed by atoms with Gasteiger partial charge in [0, 0.05) is 6.42 Å². The molecule has 2 saturated carbocycles. The molecule has 168 valence electrons. The second-order valence-electron chi connectivity index (χ2n) is 9.68. The Labute approximate surface area is 182 Å². The van der Waals surface area contributed by atoms with Crippen LogP contribution in [0.15, 0.2) is 36.4 Å². The van der Waals surface area contributed by atoms with Gasteiger partial charge in [-0.1, -0.05) is 56.2 Å².